The second-order valence-corrected chi connectivity index (χ2v) is 10.5. The molecule has 0 aliphatic heterocycles. The predicted molar refractivity (Wildman–Crippen MR) is 132 cm³/mol. The number of carbonyl (C=O) groups excluding carboxylic acids is 1. The van der Waals surface area contributed by atoms with Crippen molar-refractivity contribution in [1.29, 1.82) is 0 Å². The first-order chi connectivity index (χ1) is 15.5. The van der Waals surface area contributed by atoms with Crippen LogP contribution < -0.4 is 10.9 Å². The van der Waals surface area contributed by atoms with Gasteiger partial charge < -0.3 is 10.1 Å². The van der Waals surface area contributed by atoms with Crippen LogP contribution >= 0.6 is 34.7 Å². The minimum Gasteiger partial charge on any atom is -0.385 e. The molecule has 1 N–H and O–H groups in total. The molecule has 0 radical (unpaired) electrons. The zero-order chi connectivity index (χ0) is 22.7. The molecular formula is C23H26ClN3O3S2. The Kier molecular flexibility index (Phi) is 7.55. The number of hydrogen-bond donors (Lipinski definition) is 1. The number of methoxy groups -OCH3 is 1. The number of carbonyl (C=O) groups is 1. The number of nitrogens with zero attached hydrogens (tertiary/aromatic N) is 2. The molecule has 1 atom stereocenters. The minimum atomic E-state index is -0.0950. The molecule has 32 heavy (non-hydrogen) atoms. The van der Waals surface area contributed by atoms with E-state index in [2.05, 4.69) is 12.2 Å². The van der Waals surface area contributed by atoms with Gasteiger partial charge in [-0.05, 0) is 61.4 Å². The van der Waals surface area contributed by atoms with Crippen molar-refractivity contribution in [3.05, 3.63) is 50.1 Å². The van der Waals surface area contributed by atoms with Gasteiger partial charge in [0.2, 0.25) is 5.91 Å². The highest BCUT2D eigenvalue weighted by atomic mass is 35.5. The number of aryl methyl sites for hydroxylation is 1. The zero-order valence-electron chi connectivity index (χ0n) is 18.2. The van der Waals surface area contributed by atoms with Crippen LogP contribution in [0, 0.1) is 5.92 Å². The van der Waals surface area contributed by atoms with Gasteiger partial charge in [0.15, 0.2) is 5.16 Å². The van der Waals surface area contributed by atoms with E-state index in [-0.39, 0.29) is 17.2 Å². The highest BCUT2D eigenvalue weighted by Crippen LogP contribution is 2.37. The van der Waals surface area contributed by atoms with Crippen LogP contribution in [0.1, 0.15) is 30.2 Å². The van der Waals surface area contributed by atoms with E-state index in [4.69, 9.17) is 21.3 Å². The molecular weight excluding hydrogens is 466 g/mol. The zero-order valence-corrected chi connectivity index (χ0v) is 20.5. The van der Waals surface area contributed by atoms with Crippen LogP contribution in [0.15, 0.2) is 34.2 Å². The van der Waals surface area contributed by atoms with Crippen molar-refractivity contribution in [3.63, 3.8) is 0 Å². The normalized spacial score (nSPS) is 15.7. The van der Waals surface area contributed by atoms with Gasteiger partial charge in [0.05, 0.1) is 16.8 Å². The molecule has 2 heterocycles. The summed E-state index contributed by atoms with van der Waals surface area (Å²) in [6.45, 7) is 3.40. The summed E-state index contributed by atoms with van der Waals surface area (Å²) in [5.41, 5.74) is 1.77. The Morgan fingerprint density at radius 3 is 2.91 bits per heavy atom. The van der Waals surface area contributed by atoms with Gasteiger partial charge in [-0.2, -0.15) is 0 Å². The van der Waals surface area contributed by atoms with Gasteiger partial charge in [0.25, 0.3) is 5.56 Å². The van der Waals surface area contributed by atoms with E-state index in [0.717, 1.165) is 41.5 Å². The molecule has 1 aliphatic carbocycles. The molecule has 0 fully saturated rings. The lowest BCUT2D eigenvalue weighted by Gasteiger charge is -2.18. The number of nitrogens with one attached hydrogen (secondary N) is 1. The van der Waals surface area contributed by atoms with Crippen LogP contribution in [-0.2, 0) is 22.4 Å². The van der Waals surface area contributed by atoms with Crippen molar-refractivity contribution in [2.24, 2.45) is 5.92 Å². The van der Waals surface area contributed by atoms with E-state index < -0.39 is 0 Å². The van der Waals surface area contributed by atoms with Gasteiger partial charge in [-0.25, -0.2) is 4.98 Å². The van der Waals surface area contributed by atoms with E-state index in [9.17, 15) is 9.59 Å². The number of amides is 1. The molecule has 1 aromatic carbocycles. The van der Waals surface area contributed by atoms with Crippen molar-refractivity contribution in [3.8, 4) is 5.69 Å². The van der Waals surface area contributed by atoms with E-state index in [1.54, 1.807) is 35.1 Å². The maximum Gasteiger partial charge on any atom is 0.267 e. The Morgan fingerprint density at radius 2 is 2.16 bits per heavy atom. The molecule has 6 nitrogen and oxygen atoms in total. The second-order valence-electron chi connectivity index (χ2n) is 8.03. The SMILES string of the molecule is COCCCNC(=O)CSc1nc2sc3c(c2c(=O)n1-c1ccc(Cl)cc1)CCC(C)C3. The third-order valence-electron chi connectivity index (χ3n) is 5.56. The molecule has 170 valence electrons. The maximum absolute atomic E-state index is 13.7. The third kappa shape index (κ3) is 5.03. The smallest absolute Gasteiger partial charge is 0.267 e. The standard InChI is InChI=1S/C23H26ClN3O3S2/c1-14-4-9-17-18(12-14)32-21-20(17)22(29)27(16-7-5-15(24)6-8-16)23(26-21)31-13-19(28)25-10-3-11-30-2/h5-8,14H,3-4,9-13H2,1-2H3,(H,25,28). The van der Waals surface area contributed by atoms with Gasteiger partial charge in [-0.3, -0.25) is 14.2 Å². The van der Waals surface area contributed by atoms with E-state index in [0.29, 0.717) is 34.9 Å². The van der Waals surface area contributed by atoms with Gasteiger partial charge in [-0.1, -0.05) is 30.3 Å². The summed E-state index contributed by atoms with van der Waals surface area (Å²) in [4.78, 5) is 32.9. The monoisotopic (exact) mass is 491 g/mol. The topological polar surface area (TPSA) is 73.2 Å². The average Bonchev–Trinajstić information content (AvgIpc) is 3.14. The number of halogens is 1. The summed E-state index contributed by atoms with van der Waals surface area (Å²) in [6, 6.07) is 7.14. The van der Waals surface area contributed by atoms with Crippen LogP contribution in [0.2, 0.25) is 5.02 Å². The van der Waals surface area contributed by atoms with E-state index in [1.165, 1.54) is 16.6 Å². The highest BCUT2D eigenvalue weighted by molar-refractivity contribution is 7.99. The Balaban J connectivity index is 1.70. The summed E-state index contributed by atoms with van der Waals surface area (Å²) in [6.07, 6.45) is 3.73. The summed E-state index contributed by atoms with van der Waals surface area (Å²) >= 11 is 8.96. The van der Waals surface area contributed by atoms with Crippen molar-refractivity contribution >= 4 is 50.8 Å². The fourth-order valence-corrected chi connectivity index (χ4v) is 6.30. The molecule has 1 aliphatic rings. The quantitative estimate of drug-likeness (QED) is 0.286. The highest BCUT2D eigenvalue weighted by Gasteiger charge is 2.25. The van der Waals surface area contributed by atoms with Crippen LogP contribution in [0.25, 0.3) is 15.9 Å². The van der Waals surface area contributed by atoms with Crippen molar-refractivity contribution in [2.45, 2.75) is 37.8 Å². The Morgan fingerprint density at radius 1 is 1.38 bits per heavy atom. The van der Waals surface area contributed by atoms with Crippen LogP contribution in [0.3, 0.4) is 0 Å². The molecule has 0 bridgehead atoms. The van der Waals surface area contributed by atoms with Crippen LogP contribution in [-0.4, -0.2) is 41.5 Å². The number of hydrogen-bond acceptors (Lipinski definition) is 6. The lowest BCUT2D eigenvalue weighted by Crippen LogP contribution is -2.28. The second kappa shape index (κ2) is 10.4. The van der Waals surface area contributed by atoms with Crippen LogP contribution in [0.4, 0.5) is 0 Å². The van der Waals surface area contributed by atoms with Crippen molar-refractivity contribution in [2.75, 3.05) is 26.0 Å². The number of rotatable bonds is 8. The summed E-state index contributed by atoms with van der Waals surface area (Å²) in [5.74, 6) is 0.702. The predicted octanol–water partition coefficient (Wildman–Crippen LogP) is 4.47. The first-order valence-corrected chi connectivity index (χ1v) is 12.9. The fraction of sp³-hybridized carbons (Fsp3) is 0.435. The molecule has 4 rings (SSSR count). The summed E-state index contributed by atoms with van der Waals surface area (Å²) in [5, 5.41) is 4.72. The summed E-state index contributed by atoms with van der Waals surface area (Å²) in [7, 11) is 1.64. The largest absolute Gasteiger partial charge is 0.385 e. The number of aromatic nitrogens is 2. The first-order valence-electron chi connectivity index (χ1n) is 10.7. The van der Waals surface area contributed by atoms with Gasteiger partial charge in [0, 0.05) is 30.2 Å². The van der Waals surface area contributed by atoms with Gasteiger partial charge >= 0.3 is 0 Å². The minimum absolute atomic E-state index is 0.0765. The van der Waals surface area contributed by atoms with Crippen molar-refractivity contribution < 1.29 is 9.53 Å². The summed E-state index contributed by atoms with van der Waals surface area (Å²) < 4.78 is 6.63. The molecule has 2 aromatic heterocycles. The first kappa shape index (κ1) is 23.3. The molecule has 1 amide bonds. The van der Waals surface area contributed by atoms with Crippen LogP contribution in [0.5, 0.6) is 0 Å². The maximum atomic E-state index is 13.7. The molecule has 9 heteroatoms. The molecule has 3 aromatic rings. The van der Waals surface area contributed by atoms with Crippen molar-refractivity contribution in [1.82, 2.24) is 14.9 Å². The Hall–Kier alpha value is -1.87. The van der Waals surface area contributed by atoms with Gasteiger partial charge in [0.1, 0.15) is 4.83 Å². The fourth-order valence-electron chi connectivity index (χ4n) is 3.91. The lowest BCUT2D eigenvalue weighted by molar-refractivity contribution is -0.118. The average molecular weight is 492 g/mol. The number of fused-ring (bicyclic) bond motifs is 3. The lowest BCUT2D eigenvalue weighted by atomic mass is 9.89. The van der Waals surface area contributed by atoms with Gasteiger partial charge in [-0.15, -0.1) is 11.3 Å². The third-order valence-corrected chi connectivity index (χ3v) is 7.90. The van der Waals surface area contributed by atoms with E-state index in [1.807, 2.05) is 12.1 Å². The van der Waals surface area contributed by atoms with E-state index >= 15 is 0 Å². The number of benzene rings is 1. The number of thioether (sulfide) groups is 1. The number of ether oxygens (including phenoxy) is 1. The number of thiophene rings is 1. The molecule has 0 saturated carbocycles. The Labute approximate surface area is 200 Å². The molecule has 1 unspecified atom stereocenters. The Bertz CT molecular complexity index is 1170. The molecule has 0 spiro atoms. The molecule has 0 saturated heterocycles.